The van der Waals surface area contributed by atoms with Crippen LogP contribution < -0.4 is 19.5 Å². The van der Waals surface area contributed by atoms with Gasteiger partial charge in [0.1, 0.15) is 0 Å². The fourth-order valence-corrected chi connectivity index (χ4v) is 1.80. The molecule has 0 aliphatic carbocycles. The van der Waals surface area contributed by atoms with Crippen LogP contribution >= 0.6 is 0 Å². The SMILES string of the molecule is CNCc1nnc(-c2cc(OC)c(OC)c(OC)c2)o1. The molecular weight excluding hydrogens is 262 g/mol. The minimum atomic E-state index is 0.398. The van der Waals surface area contributed by atoms with Crippen molar-refractivity contribution in [3.8, 4) is 28.7 Å². The van der Waals surface area contributed by atoms with E-state index in [1.807, 2.05) is 7.05 Å². The number of hydrogen-bond acceptors (Lipinski definition) is 7. The molecule has 1 aromatic carbocycles. The van der Waals surface area contributed by atoms with Gasteiger partial charge >= 0.3 is 0 Å². The second-order valence-electron chi connectivity index (χ2n) is 3.95. The second-order valence-corrected chi connectivity index (χ2v) is 3.95. The van der Waals surface area contributed by atoms with Crippen LogP contribution in [0.15, 0.2) is 16.5 Å². The van der Waals surface area contributed by atoms with Crippen LogP contribution in [-0.2, 0) is 6.54 Å². The highest BCUT2D eigenvalue weighted by Gasteiger charge is 2.17. The van der Waals surface area contributed by atoms with E-state index >= 15 is 0 Å². The minimum Gasteiger partial charge on any atom is -0.493 e. The van der Waals surface area contributed by atoms with Gasteiger partial charge in [-0.25, -0.2) is 0 Å². The Hall–Kier alpha value is -2.28. The molecule has 0 aliphatic heterocycles. The van der Waals surface area contributed by atoms with Gasteiger partial charge in [-0.1, -0.05) is 0 Å². The first-order valence-corrected chi connectivity index (χ1v) is 6.00. The first kappa shape index (κ1) is 14.1. The van der Waals surface area contributed by atoms with E-state index in [1.54, 1.807) is 33.5 Å². The number of rotatable bonds is 6. The molecule has 0 spiro atoms. The highest BCUT2D eigenvalue weighted by Crippen LogP contribution is 2.40. The molecule has 0 unspecified atom stereocenters. The molecule has 0 saturated carbocycles. The van der Waals surface area contributed by atoms with Gasteiger partial charge < -0.3 is 23.9 Å². The predicted octanol–water partition coefficient (Wildman–Crippen LogP) is 1.48. The fraction of sp³-hybridized carbons (Fsp3) is 0.385. The van der Waals surface area contributed by atoms with E-state index in [0.717, 1.165) is 0 Å². The van der Waals surface area contributed by atoms with Crippen molar-refractivity contribution in [3.05, 3.63) is 18.0 Å². The van der Waals surface area contributed by atoms with Crippen molar-refractivity contribution in [2.45, 2.75) is 6.54 Å². The van der Waals surface area contributed by atoms with Crippen molar-refractivity contribution in [3.63, 3.8) is 0 Å². The number of methoxy groups -OCH3 is 3. The maximum absolute atomic E-state index is 5.55. The lowest BCUT2D eigenvalue weighted by molar-refractivity contribution is 0.324. The number of hydrogen-bond donors (Lipinski definition) is 1. The summed E-state index contributed by atoms with van der Waals surface area (Å²) in [6, 6.07) is 3.52. The van der Waals surface area contributed by atoms with Crippen LogP contribution in [0.3, 0.4) is 0 Å². The van der Waals surface area contributed by atoms with Gasteiger partial charge in [0.05, 0.1) is 27.9 Å². The third kappa shape index (κ3) is 2.67. The zero-order valence-electron chi connectivity index (χ0n) is 11.9. The number of nitrogens with one attached hydrogen (secondary N) is 1. The van der Waals surface area contributed by atoms with Crippen LogP contribution in [0.2, 0.25) is 0 Å². The first-order chi connectivity index (χ1) is 9.73. The maximum Gasteiger partial charge on any atom is 0.248 e. The highest BCUT2D eigenvalue weighted by molar-refractivity contribution is 5.65. The first-order valence-electron chi connectivity index (χ1n) is 6.00. The number of nitrogens with zero attached hydrogens (tertiary/aromatic N) is 2. The molecule has 7 heteroatoms. The predicted molar refractivity (Wildman–Crippen MR) is 72.2 cm³/mol. The van der Waals surface area contributed by atoms with E-state index in [2.05, 4.69) is 15.5 Å². The summed E-state index contributed by atoms with van der Waals surface area (Å²) < 4.78 is 21.4. The Balaban J connectivity index is 2.45. The third-order valence-corrected chi connectivity index (χ3v) is 2.71. The highest BCUT2D eigenvalue weighted by atomic mass is 16.5. The van der Waals surface area contributed by atoms with Crippen molar-refractivity contribution in [2.24, 2.45) is 0 Å². The van der Waals surface area contributed by atoms with Crippen LogP contribution in [-0.4, -0.2) is 38.6 Å². The molecule has 2 rings (SSSR count). The van der Waals surface area contributed by atoms with Crippen LogP contribution in [0.5, 0.6) is 17.2 Å². The molecule has 0 fully saturated rings. The Labute approximate surface area is 116 Å². The van der Waals surface area contributed by atoms with Gasteiger partial charge in [-0.2, -0.15) is 0 Å². The lowest BCUT2D eigenvalue weighted by atomic mass is 10.2. The van der Waals surface area contributed by atoms with E-state index < -0.39 is 0 Å². The molecule has 1 aromatic heterocycles. The standard InChI is InChI=1S/C13H17N3O4/c1-14-7-11-15-16-13(20-11)8-5-9(17-2)12(19-4)10(6-8)18-3/h5-6,14H,7H2,1-4H3. The topological polar surface area (TPSA) is 78.6 Å². The molecule has 0 saturated heterocycles. The zero-order valence-corrected chi connectivity index (χ0v) is 11.9. The Morgan fingerprint density at radius 1 is 1.05 bits per heavy atom. The molecule has 108 valence electrons. The summed E-state index contributed by atoms with van der Waals surface area (Å²) in [5, 5.41) is 10.9. The average Bonchev–Trinajstić information content (AvgIpc) is 2.94. The van der Waals surface area contributed by atoms with Crippen LogP contribution in [0.25, 0.3) is 11.5 Å². The summed E-state index contributed by atoms with van der Waals surface area (Å²) >= 11 is 0. The molecule has 2 aromatic rings. The summed E-state index contributed by atoms with van der Waals surface area (Å²) in [6.07, 6.45) is 0. The summed E-state index contributed by atoms with van der Waals surface area (Å²) in [6.45, 7) is 0.511. The van der Waals surface area contributed by atoms with E-state index in [-0.39, 0.29) is 0 Å². The Bertz CT molecular complexity index is 558. The summed E-state index contributed by atoms with van der Waals surface area (Å²) in [5.74, 6) is 2.50. The van der Waals surface area contributed by atoms with E-state index in [0.29, 0.717) is 41.1 Å². The quantitative estimate of drug-likeness (QED) is 0.858. The van der Waals surface area contributed by atoms with Gasteiger partial charge in [-0.05, 0) is 19.2 Å². The molecule has 1 N–H and O–H groups in total. The van der Waals surface area contributed by atoms with Gasteiger partial charge in [0.15, 0.2) is 11.5 Å². The zero-order chi connectivity index (χ0) is 14.5. The number of ether oxygens (including phenoxy) is 3. The smallest absolute Gasteiger partial charge is 0.248 e. The summed E-state index contributed by atoms with van der Waals surface area (Å²) in [7, 11) is 6.48. The largest absolute Gasteiger partial charge is 0.493 e. The van der Waals surface area contributed by atoms with Crippen molar-refractivity contribution in [2.75, 3.05) is 28.4 Å². The van der Waals surface area contributed by atoms with Crippen molar-refractivity contribution < 1.29 is 18.6 Å². The minimum absolute atomic E-state index is 0.398. The molecular formula is C13H17N3O4. The van der Waals surface area contributed by atoms with E-state index in [9.17, 15) is 0 Å². The van der Waals surface area contributed by atoms with Crippen LogP contribution in [0.1, 0.15) is 5.89 Å². The fourth-order valence-electron chi connectivity index (χ4n) is 1.80. The molecule has 7 nitrogen and oxygen atoms in total. The van der Waals surface area contributed by atoms with Gasteiger partial charge in [0, 0.05) is 5.56 Å². The van der Waals surface area contributed by atoms with E-state index in [4.69, 9.17) is 18.6 Å². The van der Waals surface area contributed by atoms with Gasteiger partial charge in [0.2, 0.25) is 17.5 Å². The molecule has 0 radical (unpaired) electrons. The average molecular weight is 279 g/mol. The number of aromatic nitrogens is 2. The molecule has 0 atom stereocenters. The van der Waals surface area contributed by atoms with Gasteiger partial charge in [-0.15, -0.1) is 10.2 Å². The Morgan fingerprint density at radius 3 is 2.20 bits per heavy atom. The van der Waals surface area contributed by atoms with Crippen molar-refractivity contribution in [1.29, 1.82) is 0 Å². The summed E-state index contributed by atoms with van der Waals surface area (Å²) in [5.41, 5.74) is 0.703. The molecule has 20 heavy (non-hydrogen) atoms. The maximum atomic E-state index is 5.55. The summed E-state index contributed by atoms with van der Waals surface area (Å²) in [4.78, 5) is 0. The van der Waals surface area contributed by atoms with E-state index in [1.165, 1.54) is 0 Å². The lowest BCUT2D eigenvalue weighted by Gasteiger charge is -2.12. The lowest BCUT2D eigenvalue weighted by Crippen LogP contribution is -2.04. The van der Waals surface area contributed by atoms with Crippen LogP contribution in [0.4, 0.5) is 0 Å². The molecule has 0 amide bonds. The normalized spacial score (nSPS) is 10.4. The van der Waals surface area contributed by atoms with Crippen molar-refractivity contribution in [1.82, 2.24) is 15.5 Å². The monoisotopic (exact) mass is 279 g/mol. The molecule has 1 heterocycles. The number of benzene rings is 1. The molecule has 0 bridgehead atoms. The third-order valence-electron chi connectivity index (χ3n) is 2.71. The second kappa shape index (κ2) is 6.25. The van der Waals surface area contributed by atoms with Gasteiger partial charge in [0.25, 0.3) is 0 Å². The van der Waals surface area contributed by atoms with Crippen molar-refractivity contribution >= 4 is 0 Å². The Kier molecular flexibility index (Phi) is 4.41. The Morgan fingerprint density at radius 2 is 1.70 bits per heavy atom. The van der Waals surface area contributed by atoms with Gasteiger partial charge in [-0.3, -0.25) is 0 Å². The van der Waals surface area contributed by atoms with Crippen LogP contribution in [0, 0.1) is 0 Å². The molecule has 0 aliphatic rings.